The molecule has 0 radical (unpaired) electrons. The highest BCUT2D eigenvalue weighted by Crippen LogP contribution is 2.39. The third-order valence-corrected chi connectivity index (χ3v) is 7.59. The molecule has 0 aliphatic carbocycles. The fourth-order valence-electron chi connectivity index (χ4n) is 6.05. The standard InChI is InChI=1S/C31H18BN5/c1-31(2)25-8-4-6-10-27(25)32(28-11-7-5-9-26(28)31)37-29-20(17-34)12-19(16-33)13-23(29)24-15-22(36-3)14-21(18-35)30(24)37/h4-15H,1-2H3. The van der Waals surface area contributed by atoms with Crippen molar-refractivity contribution in [1.82, 2.24) is 4.48 Å². The maximum Gasteiger partial charge on any atom is 0.328 e. The Morgan fingerprint density at radius 2 is 1.30 bits per heavy atom. The molecule has 5 nitrogen and oxygen atoms in total. The van der Waals surface area contributed by atoms with Crippen molar-refractivity contribution in [3.05, 3.63) is 112 Å². The van der Waals surface area contributed by atoms with Gasteiger partial charge in [0.25, 0.3) is 0 Å². The van der Waals surface area contributed by atoms with Gasteiger partial charge in [0.05, 0.1) is 46.4 Å². The molecule has 37 heavy (non-hydrogen) atoms. The van der Waals surface area contributed by atoms with Gasteiger partial charge >= 0.3 is 6.85 Å². The highest BCUT2D eigenvalue weighted by Gasteiger charge is 2.42. The Bertz CT molecular complexity index is 1830. The zero-order valence-corrected chi connectivity index (χ0v) is 20.2. The minimum atomic E-state index is -0.314. The van der Waals surface area contributed by atoms with E-state index >= 15 is 0 Å². The second-order valence-electron chi connectivity index (χ2n) is 9.83. The van der Waals surface area contributed by atoms with E-state index in [1.165, 1.54) is 11.1 Å². The van der Waals surface area contributed by atoms with Gasteiger partial charge in [0.1, 0.15) is 6.07 Å². The van der Waals surface area contributed by atoms with Crippen molar-refractivity contribution in [2.45, 2.75) is 19.3 Å². The van der Waals surface area contributed by atoms with Crippen LogP contribution in [-0.2, 0) is 5.41 Å². The maximum absolute atomic E-state index is 10.2. The van der Waals surface area contributed by atoms with Gasteiger partial charge in [-0.15, -0.1) is 0 Å². The fraction of sp³-hybridized carbons (Fsp3) is 0.0968. The number of aromatic nitrogens is 1. The van der Waals surface area contributed by atoms with Crippen molar-refractivity contribution >= 4 is 45.3 Å². The summed E-state index contributed by atoms with van der Waals surface area (Å²) in [7, 11) is 0. The Labute approximate surface area is 215 Å². The lowest BCUT2D eigenvalue weighted by Crippen LogP contribution is -2.58. The molecule has 4 aromatic carbocycles. The summed E-state index contributed by atoms with van der Waals surface area (Å²) in [4.78, 5) is 3.59. The van der Waals surface area contributed by atoms with E-state index in [9.17, 15) is 15.8 Å². The van der Waals surface area contributed by atoms with Crippen molar-refractivity contribution in [3.63, 3.8) is 0 Å². The van der Waals surface area contributed by atoms with Gasteiger partial charge in [0.2, 0.25) is 0 Å². The largest absolute Gasteiger partial charge is 0.374 e. The van der Waals surface area contributed by atoms with Crippen LogP contribution >= 0.6 is 0 Å². The van der Waals surface area contributed by atoms with Crippen LogP contribution in [0.2, 0.25) is 0 Å². The first-order valence-corrected chi connectivity index (χ1v) is 11.9. The Morgan fingerprint density at radius 3 is 1.84 bits per heavy atom. The summed E-state index contributed by atoms with van der Waals surface area (Å²) in [5.41, 5.74) is 7.04. The van der Waals surface area contributed by atoms with Crippen LogP contribution < -0.4 is 10.9 Å². The van der Waals surface area contributed by atoms with Gasteiger partial charge < -0.3 is 4.48 Å². The number of nitrogens with zero attached hydrogens (tertiary/aromatic N) is 5. The average molecular weight is 471 g/mol. The number of benzene rings is 4. The molecule has 0 spiro atoms. The summed E-state index contributed by atoms with van der Waals surface area (Å²) in [6.07, 6.45) is 0. The van der Waals surface area contributed by atoms with Crippen LogP contribution in [0, 0.1) is 40.6 Å². The molecule has 0 unspecified atom stereocenters. The molecule has 0 bridgehead atoms. The molecule has 6 heteroatoms. The minimum Gasteiger partial charge on any atom is -0.374 e. The predicted octanol–water partition coefficient (Wildman–Crippen LogP) is 5.25. The highest BCUT2D eigenvalue weighted by atomic mass is 14.9. The SMILES string of the molecule is [C-]#[N+]c1cc(C#N)c2c(c1)c1cc(C#N)cc(C#N)c1n2B1c2ccccc2C(C)(C)c2ccccc21. The van der Waals surface area contributed by atoms with Crippen LogP contribution in [0.25, 0.3) is 26.7 Å². The van der Waals surface area contributed by atoms with Crippen molar-refractivity contribution < 1.29 is 0 Å². The lowest BCUT2D eigenvalue weighted by Gasteiger charge is -2.39. The quantitative estimate of drug-likeness (QED) is 0.247. The summed E-state index contributed by atoms with van der Waals surface area (Å²) in [6, 6.07) is 30.1. The molecule has 0 fully saturated rings. The van der Waals surface area contributed by atoms with Crippen molar-refractivity contribution in [2.75, 3.05) is 0 Å². The molecular formula is C31H18BN5. The molecule has 0 saturated carbocycles. The van der Waals surface area contributed by atoms with E-state index in [-0.39, 0.29) is 12.3 Å². The van der Waals surface area contributed by atoms with Gasteiger partial charge in [-0.3, -0.25) is 0 Å². The molecule has 6 rings (SSSR count). The molecular weight excluding hydrogens is 453 g/mol. The Morgan fingerprint density at radius 1 is 0.757 bits per heavy atom. The molecule has 2 heterocycles. The van der Waals surface area contributed by atoms with E-state index in [0.717, 1.165) is 10.9 Å². The van der Waals surface area contributed by atoms with Gasteiger partial charge in [0.15, 0.2) is 5.69 Å². The lowest BCUT2D eigenvalue weighted by molar-refractivity contribution is 0.645. The average Bonchev–Trinajstić information content (AvgIpc) is 3.26. The van der Waals surface area contributed by atoms with E-state index < -0.39 is 0 Å². The van der Waals surface area contributed by atoms with Crippen molar-refractivity contribution in [2.24, 2.45) is 0 Å². The first kappa shape index (κ1) is 22.2. The zero-order valence-electron chi connectivity index (χ0n) is 20.2. The van der Waals surface area contributed by atoms with Gasteiger partial charge in [-0.2, -0.15) is 15.8 Å². The topological polar surface area (TPSA) is 80.7 Å². The second-order valence-corrected chi connectivity index (χ2v) is 9.83. The first-order valence-electron chi connectivity index (χ1n) is 11.9. The second kappa shape index (κ2) is 7.86. The predicted molar refractivity (Wildman–Crippen MR) is 145 cm³/mol. The van der Waals surface area contributed by atoms with E-state index in [0.29, 0.717) is 44.2 Å². The molecule has 170 valence electrons. The van der Waals surface area contributed by atoms with Crippen LogP contribution in [-0.4, -0.2) is 11.3 Å². The smallest absolute Gasteiger partial charge is 0.328 e. The first-order chi connectivity index (χ1) is 17.9. The molecule has 0 saturated heterocycles. The third-order valence-electron chi connectivity index (χ3n) is 7.59. The Hall–Kier alpha value is -5.30. The van der Waals surface area contributed by atoms with Gasteiger partial charge in [-0.25, -0.2) is 4.85 Å². The summed E-state index contributed by atoms with van der Waals surface area (Å²) in [5, 5.41) is 31.5. The van der Waals surface area contributed by atoms with E-state index in [4.69, 9.17) is 6.57 Å². The van der Waals surface area contributed by atoms with Gasteiger partial charge in [0, 0.05) is 10.8 Å². The molecule has 0 atom stereocenters. The van der Waals surface area contributed by atoms with E-state index in [2.05, 4.69) is 65.6 Å². The highest BCUT2D eigenvalue weighted by molar-refractivity contribution is 6.86. The monoisotopic (exact) mass is 471 g/mol. The number of hydrogen-bond donors (Lipinski definition) is 0. The van der Waals surface area contributed by atoms with Crippen LogP contribution in [0.5, 0.6) is 0 Å². The zero-order chi connectivity index (χ0) is 25.9. The van der Waals surface area contributed by atoms with Crippen LogP contribution in [0.1, 0.15) is 41.7 Å². The fourth-order valence-corrected chi connectivity index (χ4v) is 6.05. The van der Waals surface area contributed by atoms with Crippen molar-refractivity contribution in [1.29, 1.82) is 15.8 Å². The third kappa shape index (κ3) is 2.94. The van der Waals surface area contributed by atoms with E-state index in [1.807, 2.05) is 24.3 Å². The number of fused-ring (bicyclic) bond motifs is 5. The Kier molecular flexibility index (Phi) is 4.71. The number of rotatable bonds is 1. The number of nitriles is 3. The number of hydrogen-bond acceptors (Lipinski definition) is 3. The van der Waals surface area contributed by atoms with Gasteiger partial charge in [-0.1, -0.05) is 62.4 Å². The van der Waals surface area contributed by atoms with Crippen molar-refractivity contribution in [3.8, 4) is 18.2 Å². The van der Waals surface area contributed by atoms with Gasteiger partial charge in [-0.05, 0) is 51.7 Å². The summed E-state index contributed by atoms with van der Waals surface area (Å²) in [6.45, 7) is 11.7. The maximum atomic E-state index is 10.2. The summed E-state index contributed by atoms with van der Waals surface area (Å²) >= 11 is 0. The van der Waals surface area contributed by atoms with Crippen LogP contribution in [0.4, 0.5) is 5.69 Å². The van der Waals surface area contributed by atoms with Crippen LogP contribution in [0.15, 0.2) is 72.8 Å². The molecule has 1 aliphatic rings. The lowest BCUT2D eigenvalue weighted by atomic mass is 9.41. The summed E-state index contributed by atoms with van der Waals surface area (Å²) in [5.74, 6) is 0. The molecule has 0 amide bonds. The normalized spacial score (nSPS) is 13.2. The minimum absolute atomic E-state index is 0.246. The molecule has 1 aromatic heterocycles. The molecule has 5 aromatic rings. The van der Waals surface area contributed by atoms with E-state index in [1.54, 1.807) is 24.3 Å². The molecule has 1 aliphatic heterocycles. The summed E-state index contributed by atoms with van der Waals surface area (Å²) < 4.78 is 2.09. The van der Waals surface area contributed by atoms with Crippen LogP contribution in [0.3, 0.4) is 0 Å². The molecule has 0 N–H and O–H groups in total. The Balaban J connectivity index is 1.89.